The molecule has 0 atom stereocenters. The zero-order valence-electron chi connectivity index (χ0n) is 16.1. The molecule has 0 unspecified atom stereocenters. The SMILES string of the molecule is COC1(C(=O)NCC2(c3ccccc3C)CCCCC2)CCNCC1.Cl. The molecule has 1 aromatic rings. The highest BCUT2D eigenvalue weighted by molar-refractivity contribution is 5.85. The quantitative estimate of drug-likeness (QED) is 0.821. The van der Waals surface area contributed by atoms with Crippen LogP contribution < -0.4 is 10.6 Å². The molecular weight excluding hydrogens is 348 g/mol. The number of aryl methyl sites for hydroxylation is 1. The topological polar surface area (TPSA) is 50.4 Å². The summed E-state index contributed by atoms with van der Waals surface area (Å²) in [5, 5.41) is 6.60. The summed E-state index contributed by atoms with van der Waals surface area (Å²) in [6, 6.07) is 8.67. The summed E-state index contributed by atoms with van der Waals surface area (Å²) in [5.41, 5.74) is 2.15. The van der Waals surface area contributed by atoms with Gasteiger partial charge in [0.1, 0.15) is 5.60 Å². The van der Waals surface area contributed by atoms with Crippen LogP contribution in [0.4, 0.5) is 0 Å². The molecule has 1 aromatic carbocycles. The first kappa shape index (κ1) is 21.2. The Morgan fingerprint density at radius 1 is 1.12 bits per heavy atom. The first-order chi connectivity index (χ1) is 12.1. The van der Waals surface area contributed by atoms with Gasteiger partial charge in [-0.25, -0.2) is 0 Å². The largest absolute Gasteiger partial charge is 0.368 e. The molecule has 1 heterocycles. The monoisotopic (exact) mass is 380 g/mol. The van der Waals surface area contributed by atoms with Gasteiger partial charge in [-0.15, -0.1) is 12.4 Å². The van der Waals surface area contributed by atoms with Crippen LogP contribution in [-0.4, -0.2) is 38.3 Å². The molecule has 146 valence electrons. The van der Waals surface area contributed by atoms with Crippen LogP contribution in [0.2, 0.25) is 0 Å². The van der Waals surface area contributed by atoms with Crippen LogP contribution in [0.25, 0.3) is 0 Å². The number of benzene rings is 1. The molecule has 0 spiro atoms. The van der Waals surface area contributed by atoms with E-state index in [0.29, 0.717) is 0 Å². The normalized spacial score (nSPS) is 21.5. The van der Waals surface area contributed by atoms with E-state index in [9.17, 15) is 4.79 Å². The average Bonchev–Trinajstić information content (AvgIpc) is 2.67. The highest BCUT2D eigenvalue weighted by Crippen LogP contribution is 2.40. The van der Waals surface area contributed by atoms with E-state index in [1.54, 1.807) is 7.11 Å². The molecule has 26 heavy (non-hydrogen) atoms. The van der Waals surface area contributed by atoms with Gasteiger partial charge in [-0.3, -0.25) is 4.79 Å². The Balaban J connectivity index is 0.00000243. The second-order valence-electron chi connectivity index (χ2n) is 7.79. The van der Waals surface area contributed by atoms with Crippen LogP contribution in [0.3, 0.4) is 0 Å². The predicted molar refractivity (Wildman–Crippen MR) is 108 cm³/mol. The molecule has 1 amide bonds. The van der Waals surface area contributed by atoms with Crippen LogP contribution in [0, 0.1) is 6.92 Å². The maximum Gasteiger partial charge on any atom is 0.252 e. The molecule has 0 bridgehead atoms. The lowest BCUT2D eigenvalue weighted by molar-refractivity contribution is -0.147. The van der Waals surface area contributed by atoms with Crippen molar-refractivity contribution in [2.24, 2.45) is 0 Å². The van der Waals surface area contributed by atoms with Gasteiger partial charge in [0.05, 0.1) is 0 Å². The summed E-state index contributed by atoms with van der Waals surface area (Å²) in [4.78, 5) is 13.0. The minimum absolute atomic E-state index is 0. The smallest absolute Gasteiger partial charge is 0.252 e. The summed E-state index contributed by atoms with van der Waals surface area (Å²) < 4.78 is 5.69. The van der Waals surface area contributed by atoms with Gasteiger partial charge in [-0.05, 0) is 56.8 Å². The molecule has 2 aliphatic rings. The molecule has 0 radical (unpaired) electrons. The Hall–Kier alpha value is -1.10. The highest BCUT2D eigenvalue weighted by atomic mass is 35.5. The molecule has 1 aliphatic carbocycles. The lowest BCUT2D eigenvalue weighted by atomic mass is 9.68. The zero-order valence-corrected chi connectivity index (χ0v) is 16.9. The van der Waals surface area contributed by atoms with Crippen molar-refractivity contribution >= 4 is 18.3 Å². The summed E-state index contributed by atoms with van der Waals surface area (Å²) in [7, 11) is 1.67. The predicted octanol–water partition coefficient (Wildman–Crippen LogP) is 3.50. The number of piperidine rings is 1. The van der Waals surface area contributed by atoms with Gasteiger partial charge in [-0.1, -0.05) is 43.5 Å². The molecule has 0 aromatic heterocycles. The number of methoxy groups -OCH3 is 1. The number of carbonyl (C=O) groups excluding carboxylic acids is 1. The maximum absolute atomic E-state index is 13.0. The molecule has 1 saturated carbocycles. The number of hydrogen-bond acceptors (Lipinski definition) is 3. The third-order valence-corrected chi connectivity index (χ3v) is 6.33. The molecule has 2 fully saturated rings. The van der Waals surface area contributed by atoms with E-state index in [1.807, 2.05) is 0 Å². The lowest BCUT2D eigenvalue weighted by Gasteiger charge is -2.41. The maximum atomic E-state index is 13.0. The van der Waals surface area contributed by atoms with Crippen LogP contribution >= 0.6 is 12.4 Å². The van der Waals surface area contributed by atoms with E-state index < -0.39 is 5.60 Å². The van der Waals surface area contributed by atoms with E-state index in [0.717, 1.165) is 45.3 Å². The Kier molecular flexibility index (Phi) is 7.51. The van der Waals surface area contributed by atoms with Crippen molar-refractivity contribution in [2.75, 3.05) is 26.7 Å². The van der Waals surface area contributed by atoms with Gasteiger partial charge in [-0.2, -0.15) is 0 Å². The first-order valence-electron chi connectivity index (χ1n) is 9.72. The lowest BCUT2D eigenvalue weighted by Crippen LogP contribution is -2.56. The Labute approximate surface area is 163 Å². The number of rotatable bonds is 5. The minimum Gasteiger partial charge on any atom is -0.368 e. The fourth-order valence-electron chi connectivity index (χ4n) is 4.70. The molecule has 2 N–H and O–H groups in total. The number of hydrogen-bond donors (Lipinski definition) is 2. The fourth-order valence-corrected chi connectivity index (χ4v) is 4.70. The first-order valence-corrected chi connectivity index (χ1v) is 9.72. The number of carbonyl (C=O) groups is 1. The van der Waals surface area contributed by atoms with E-state index in [4.69, 9.17) is 4.74 Å². The average molecular weight is 381 g/mol. The Bertz CT molecular complexity index is 593. The molecule has 5 heteroatoms. The standard InChI is InChI=1S/C21H32N2O2.ClH/c1-17-8-4-5-9-18(17)20(10-6-3-7-11-20)16-23-19(24)21(25-2)12-14-22-15-13-21;/h4-5,8-9,22H,3,6-7,10-16H2,1-2H3,(H,23,24);1H. The van der Waals surface area contributed by atoms with E-state index in [2.05, 4.69) is 41.8 Å². The van der Waals surface area contributed by atoms with Crippen molar-refractivity contribution in [3.8, 4) is 0 Å². The third-order valence-electron chi connectivity index (χ3n) is 6.33. The number of amides is 1. The number of ether oxygens (including phenoxy) is 1. The van der Waals surface area contributed by atoms with Gasteiger partial charge >= 0.3 is 0 Å². The van der Waals surface area contributed by atoms with Gasteiger partial charge in [0.2, 0.25) is 0 Å². The molecule has 4 nitrogen and oxygen atoms in total. The van der Waals surface area contributed by atoms with E-state index >= 15 is 0 Å². The van der Waals surface area contributed by atoms with E-state index in [-0.39, 0.29) is 23.7 Å². The highest BCUT2D eigenvalue weighted by Gasteiger charge is 2.42. The van der Waals surface area contributed by atoms with Gasteiger partial charge < -0.3 is 15.4 Å². The van der Waals surface area contributed by atoms with Gasteiger partial charge in [0.15, 0.2) is 0 Å². The van der Waals surface area contributed by atoms with Crippen molar-refractivity contribution in [3.63, 3.8) is 0 Å². The van der Waals surface area contributed by atoms with Crippen molar-refractivity contribution in [3.05, 3.63) is 35.4 Å². The second-order valence-corrected chi connectivity index (χ2v) is 7.79. The molecule has 3 rings (SSSR count). The van der Waals surface area contributed by atoms with Gasteiger partial charge in [0.25, 0.3) is 5.91 Å². The van der Waals surface area contributed by atoms with Crippen LogP contribution in [0.15, 0.2) is 24.3 Å². The van der Waals surface area contributed by atoms with Crippen molar-refractivity contribution in [1.29, 1.82) is 0 Å². The van der Waals surface area contributed by atoms with Crippen LogP contribution in [0.1, 0.15) is 56.1 Å². The Morgan fingerprint density at radius 2 is 1.77 bits per heavy atom. The van der Waals surface area contributed by atoms with Crippen LogP contribution in [-0.2, 0) is 14.9 Å². The molecule has 1 saturated heterocycles. The molecular formula is C21H33ClN2O2. The van der Waals surface area contributed by atoms with E-state index in [1.165, 1.54) is 30.4 Å². The minimum atomic E-state index is -0.660. The van der Waals surface area contributed by atoms with Crippen molar-refractivity contribution in [2.45, 2.75) is 62.9 Å². The molecule has 1 aliphatic heterocycles. The number of nitrogens with one attached hydrogen (secondary N) is 2. The summed E-state index contributed by atoms with van der Waals surface area (Å²) >= 11 is 0. The van der Waals surface area contributed by atoms with Gasteiger partial charge in [0, 0.05) is 19.1 Å². The second kappa shape index (κ2) is 9.20. The summed E-state index contributed by atoms with van der Waals surface area (Å²) in [6.07, 6.45) is 7.57. The summed E-state index contributed by atoms with van der Waals surface area (Å²) in [5.74, 6) is 0.0648. The van der Waals surface area contributed by atoms with Crippen molar-refractivity contribution < 1.29 is 9.53 Å². The van der Waals surface area contributed by atoms with Crippen molar-refractivity contribution in [1.82, 2.24) is 10.6 Å². The Morgan fingerprint density at radius 3 is 2.38 bits per heavy atom. The summed E-state index contributed by atoms with van der Waals surface area (Å²) in [6.45, 7) is 4.58. The fraction of sp³-hybridized carbons (Fsp3) is 0.667. The third kappa shape index (κ3) is 4.24. The zero-order chi connectivity index (χ0) is 17.8. The van der Waals surface area contributed by atoms with Crippen LogP contribution in [0.5, 0.6) is 0 Å². The number of halogens is 1.